The van der Waals surface area contributed by atoms with Gasteiger partial charge in [-0.1, -0.05) is 23.5 Å². The highest BCUT2D eigenvalue weighted by Gasteiger charge is 2.30. The van der Waals surface area contributed by atoms with E-state index in [0.29, 0.717) is 21.7 Å². The van der Waals surface area contributed by atoms with Crippen molar-refractivity contribution in [2.75, 3.05) is 5.32 Å². The minimum atomic E-state index is -4.38. The van der Waals surface area contributed by atoms with Crippen LogP contribution in [0.25, 0.3) is 33.0 Å². The first-order valence-electron chi connectivity index (χ1n) is 10.9. The lowest BCUT2D eigenvalue weighted by molar-refractivity contribution is -0.137. The Morgan fingerprint density at radius 2 is 1.60 bits per heavy atom. The number of halogens is 4. The predicted octanol–water partition coefficient (Wildman–Crippen LogP) is 7.46. The van der Waals surface area contributed by atoms with Crippen LogP contribution in [0.5, 0.6) is 0 Å². The second-order valence-electron chi connectivity index (χ2n) is 8.36. The molecule has 1 saturated carbocycles. The van der Waals surface area contributed by atoms with Gasteiger partial charge in [-0.3, -0.25) is 0 Å². The van der Waals surface area contributed by atoms with Crippen molar-refractivity contribution in [3.05, 3.63) is 78.1 Å². The van der Waals surface area contributed by atoms with Crippen molar-refractivity contribution in [3.63, 3.8) is 0 Å². The molecule has 0 bridgehead atoms. The Morgan fingerprint density at radius 3 is 2.29 bits per heavy atom. The molecule has 1 N–H and O–H groups in total. The number of imidazole rings is 1. The molecule has 0 spiro atoms. The largest absolute Gasteiger partial charge is 0.416 e. The third-order valence-corrected chi connectivity index (χ3v) is 6.73. The fourth-order valence-electron chi connectivity index (χ4n) is 4.00. The summed E-state index contributed by atoms with van der Waals surface area (Å²) in [4.78, 5) is 4.83. The average Bonchev–Trinajstić information content (AvgIpc) is 3.45. The van der Waals surface area contributed by atoms with Crippen molar-refractivity contribution in [3.8, 4) is 22.0 Å². The number of rotatable bonds is 5. The summed E-state index contributed by atoms with van der Waals surface area (Å²) in [5, 5.41) is 12.5. The van der Waals surface area contributed by atoms with Crippen molar-refractivity contribution in [1.29, 1.82) is 0 Å². The Balaban J connectivity index is 1.28. The van der Waals surface area contributed by atoms with Crippen LogP contribution in [0.4, 0.5) is 28.4 Å². The van der Waals surface area contributed by atoms with Gasteiger partial charge in [0.25, 0.3) is 0 Å². The van der Waals surface area contributed by atoms with Crippen LogP contribution in [0.15, 0.2) is 66.7 Å². The molecule has 0 unspecified atom stereocenters. The maximum Gasteiger partial charge on any atom is 0.416 e. The number of alkyl halides is 3. The molecule has 0 atom stereocenters. The quantitative estimate of drug-likeness (QED) is 0.257. The van der Waals surface area contributed by atoms with Crippen LogP contribution in [0.3, 0.4) is 0 Å². The number of fused-ring (bicyclic) bond motifs is 1. The average molecular weight is 496 g/mol. The summed E-state index contributed by atoms with van der Waals surface area (Å²) >= 11 is 1.25. The smallest absolute Gasteiger partial charge is 0.330 e. The van der Waals surface area contributed by atoms with Crippen molar-refractivity contribution in [2.45, 2.75) is 25.1 Å². The number of hydrogen-bond acceptors (Lipinski definition) is 5. The van der Waals surface area contributed by atoms with E-state index in [1.54, 1.807) is 12.1 Å². The number of nitrogens with zero attached hydrogens (tertiary/aromatic N) is 4. The number of hydrogen-bond donors (Lipinski definition) is 1. The third-order valence-electron chi connectivity index (χ3n) is 5.84. The summed E-state index contributed by atoms with van der Waals surface area (Å²) in [7, 11) is 0. The molecule has 0 radical (unpaired) electrons. The van der Waals surface area contributed by atoms with Crippen molar-refractivity contribution >= 4 is 33.2 Å². The van der Waals surface area contributed by atoms with Crippen LogP contribution in [0.1, 0.15) is 24.4 Å². The molecule has 1 fully saturated rings. The molecule has 0 saturated heterocycles. The zero-order valence-electron chi connectivity index (χ0n) is 18.1. The molecule has 0 aliphatic heterocycles. The van der Waals surface area contributed by atoms with E-state index in [1.807, 2.05) is 18.2 Å². The van der Waals surface area contributed by atoms with Gasteiger partial charge < -0.3 is 9.88 Å². The van der Waals surface area contributed by atoms with Crippen molar-refractivity contribution in [1.82, 2.24) is 19.7 Å². The lowest BCUT2D eigenvalue weighted by Gasteiger charge is -2.08. The fraction of sp³-hybridized carbons (Fsp3) is 0.160. The first-order valence-corrected chi connectivity index (χ1v) is 11.7. The minimum Gasteiger partial charge on any atom is -0.330 e. The maximum absolute atomic E-state index is 13.4. The highest BCUT2D eigenvalue weighted by atomic mass is 32.1. The Labute approximate surface area is 201 Å². The van der Waals surface area contributed by atoms with Crippen LogP contribution in [-0.4, -0.2) is 19.7 Å². The van der Waals surface area contributed by atoms with Gasteiger partial charge in [-0.05, 0) is 67.4 Å². The van der Waals surface area contributed by atoms with E-state index < -0.39 is 11.7 Å². The van der Waals surface area contributed by atoms with Crippen LogP contribution < -0.4 is 5.32 Å². The van der Waals surface area contributed by atoms with E-state index in [2.05, 4.69) is 20.1 Å². The normalized spacial score (nSPS) is 13.9. The number of aromatic nitrogens is 4. The topological polar surface area (TPSA) is 55.6 Å². The van der Waals surface area contributed by atoms with E-state index in [-0.39, 0.29) is 5.82 Å². The van der Waals surface area contributed by atoms with Gasteiger partial charge in [0.1, 0.15) is 16.6 Å². The number of anilines is 2. The minimum absolute atomic E-state index is 0.290. The molecule has 6 rings (SSSR count). The molecule has 3 aromatic carbocycles. The Hall–Kier alpha value is -3.79. The van der Waals surface area contributed by atoms with E-state index in [9.17, 15) is 17.6 Å². The summed E-state index contributed by atoms with van der Waals surface area (Å²) < 4.78 is 54.1. The predicted molar refractivity (Wildman–Crippen MR) is 127 cm³/mol. The van der Waals surface area contributed by atoms with Gasteiger partial charge in [-0.25, -0.2) is 9.37 Å². The molecule has 5 aromatic rings. The van der Waals surface area contributed by atoms with Gasteiger partial charge in [0, 0.05) is 22.9 Å². The molecule has 0 amide bonds. The van der Waals surface area contributed by atoms with Crippen LogP contribution in [-0.2, 0) is 6.18 Å². The van der Waals surface area contributed by atoms with Gasteiger partial charge in [0.05, 0.1) is 16.6 Å². The summed E-state index contributed by atoms with van der Waals surface area (Å²) in [6.45, 7) is 0. The van der Waals surface area contributed by atoms with Crippen molar-refractivity contribution < 1.29 is 17.6 Å². The second-order valence-corrected chi connectivity index (χ2v) is 9.34. The first kappa shape index (κ1) is 21.7. The van der Waals surface area contributed by atoms with E-state index >= 15 is 0 Å². The molecule has 10 heteroatoms. The van der Waals surface area contributed by atoms with Gasteiger partial charge in [0.2, 0.25) is 5.13 Å². The standard InChI is InChI=1S/C25H17F4N5S/c26-17-7-3-14(4-8-17)22-31-20-13-18(9-12-21(20)34(22)19-10-11-19)30-24-33-32-23(35-24)15-1-5-16(6-2-15)25(27,28)29/h1-9,12-13,19H,10-11H2,(H,30,33). The molecular weight excluding hydrogens is 478 g/mol. The number of nitrogens with one attached hydrogen (secondary N) is 1. The van der Waals surface area contributed by atoms with Crippen molar-refractivity contribution in [2.24, 2.45) is 0 Å². The van der Waals surface area contributed by atoms with E-state index in [4.69, 9.17) is 4.98 Å². The maximum atomic E-state index is 13.4. The van der Waals surface area contributed by atoms with Gasteiger partial charge in [-0.2, -0.15) is 13.2 Å². The number of benzene rings is 3. The molecule has 2 heterocycles. The Bertz CT molecular complexity index is 1520. The summed E-state index contributed by atoms with van der Waals surface area (Å²) in [6, 6.07) is 17.4. The lowest BCUT2D eigenvalue weighted by atomic mass is 10.1. The third kappa shape index (κ3) is 4.25. The van der Waals surface area contributed by atoms with E-state index in [0.717, 1.165) is 53.1 Å². The highest BCUT2D eigenvalue weighted by molar-refractivity contribution is 7.18. The molecule has 176 valence electrons. The van der Waals surface area contributed by atoms with Gasteiger partial charge in [0.15, 0.2) is 0 Å². The zero-order chi connectivity index (χ0) is 24.2. The summed E-state index contributed by atoms with van der Waals surface area (Å²) in [5.41, 5.74) is 3.27. The molecule has 5 nitrogen and oxygen atoms in total. The molecule has 2 aromatic heterocycles. The lowest BCUT2D eigenvalue weighted by Crippen LogP contribution is -2.03. The monoisotopic (exact) mass is 495 g/mol. The zero-order valence-corrected chi connectivity index (χ0v) is 18.9. The first-order chi connectivity index (χ1) is 16.8. The molecule has 35 heavy (non-hydrogen) atoms. The SMILES string of the molecule is Fc1ccc(-c2nc3cc(Nc4nnc(-c5ccc(C(F)(F)F)cc5)s4)ccc3n2C2CC2)cc1. The molecule has 1 aliphatic carbocycles. The van der Waals surface area contributed by atoms with Gasteiger partial charge >= 0.3 is 6.18 Å². The highest BCUT2D eigenvalue weighted by Crippen LogP contribution is 2.42. The van der Waals surface area contributed by atoms with Gasteiger partial charge in [-0.15, -0.1) is 10.2 Å². The molecular formula is C25H17F4N5S. The van der Waals surface area contributed by atoms with E-state index in [1.165, 1.54) is 35.6 Å². The molecule has 1 aliphatic rings. The summed E-state index contributed by atoms with van der Waals surface area (Å²) in [6.07, 6.45) is -2.22. The summed E-state index contributed by atoms with van der Waals surface area (Å²) in [5.74, 6) is 0.516. The second kappa shape index (κ2) is 8.16. The Morgan fingerprint density at radius 1 is 0.886 bits per heavy atom. The van der Waals surface area contributed by atoms with Crippen LogP contribution in [0, 0.1) is 5.82 Å². The van der Waals surface area contributed by atoms with Crippen LogP contribution >= 0.6 is 11.3 Å². The van der Waals surface area contributed by atoms with Crippen LogP contribution in [0.2, 0.25) is 0 Å². The Kier molecular flexibility index (Phi) is 5.06. The fourth-order valence-corrected chi connectivity index (χ4v) is 4.77.